The number of nitrogens with zero attached hydrogens (tertiary/aromatic N) is 1. The van der Waals surface area contributed by atoms with E-state index in [1.54, 1.807) is 0 Å². The van der Waals surface area contributed by atoms with E-state index >= 15 is 0 Å². The Hall–Kier alpha value is -1.30. The third kappa shape index (κ3) is 4.62. The molecule has 2 rings (SSSR count). The summed E-state index contributed by atoms with van der Waals surface area (Å²) in [5.74, 6) is 6.95. The van der Waals surface area contributed by atoms with E-state index in [2.05, 4.69) is 56.6 Å². The monoisotopic (exact) mass is 327 g/mol. The highest BCUT2D eigenvalue weighted by atomic mass is 16.3. The summed E-state index contributed by atoms with van der Waals surface area (Å²) in [5.41, 5.74) is 0.224. The van der Waals surface area contributed by atoms with E-state index < -0.39 is 5.60 Å². The minimum absolute atomic E-state index is 0.334. The van der Waals surface area contributed by atoms with Crippen molar-refractivity contribution in [2.45, 2.75) is 77.5 Å². The largest absolute Gasteiger partial charge is 0.384 e. The number of benzene rings is 1. The molecule has 24 heavy (non-hydrogen) atoms. The molecule has 1 aliphatic carbocycles. The van der Waals surface area contributed by atoms with Crippen molar-refractivity contribution < 1.29 is 5.11 Å². The normalized spacial score (nSPS) is 18.0. The lowest BCUT2D eigenvalue weighted by atomic mass is 9.78. The van der Waals surface area contributed by atoms with Crippen molar-refractivity contribution in [2.75, 3.05) is 6.54 Å². The van der Waals surface area contributed by atoms with Crippen LogP contribution in [0.5, 0.6) is 0 Å². The van der Waals surface area contributed by atoms with E-state index in [0.717, 1.165) is 24.9 Å². The maximum absolute atomic E-state index is 11.4. The quantitative estimate of drug-likeness (QED) is 0.773. The van der Waals surface area contributed by atoms with Gasteiger partial charge in [-0.05, 0) is 52.0 Å². The molecule has 0 heterocycles. The molecule has 1 atom stereocenters. The molecule has 0 bridgehead atoms. The average Bonchev–Trinajstić information content (AvgIpc) is 3.09. The minimum atomic E-state index is -0.800. The summed E-state index contributed by atoms with van der Waals surface area (Å²) in [4.78, 5) is 2.38. The van der Waals surface area contributed by atoms with E-state index in [1.807, 2.05) is 18.2 Å². The Morgan fingerprint density at radius 3 is 2.17 bits per heavy atom. The van der Waals surface area contributed by atoms with Gasteiger partial charge >= 0.3 is 0 Å². The third-order valence-corrected chi connectivity index (χ3v) is 5.38. The number of hydrogen-bond acceptors (Lipinski definition) is 2. The zero-order chi connectivity index (χ0) is 17.6. The Labute approximate surface area is 148 Å². The predicted octanol–water partition coefficient (Wildman–Crippen LogP) is 4.58. The van der Waals surface area contributed by atoms with Crippen molar-refractivity contribution in [3.63, 3.8) is 0 Å². The fraction of sp³-hybridized carbons (Fsp3) is 0.636. The third-order valence-electron chi connectivity index (χ3n) is 5.38. The lowest BCUT2D eigenvalue weighted by Crippen LogP contribution is -2.37. The van der Waals surface area contributed by atoms with Crippen LogP contribution in [0.4, 0.5) is 0 Å². The van der Waals surface area contributed by atoms with Crippen molar-refractivity contribution in [1.82, 2.24) is 4.90 Å². The van der Waals surface area contributed by atoms with Crippen LogP contribution in [0, 0.1) is 17.8 Å². The molecule has 0 saturated heterocycles. The maximum Gasteiger partial charge on any atom is 0.103 e. The van der Waals surface area contributed by atoms with Gasteiger partial charge in [0.1, 0.15) is 5.60 Å². The Morgan fingerprint density at radius 2 is 1.62 bits per heavy atom. The van der Waals surface area contributed by atoms with Gasteiger partial charge in [-0.3, -0.25) is 4.90 Å². The first-order valence-electron chi connectivity index (χ1n) is 9.44. The van der Waals surface area contributed by atoms with Crippen molar-refractivity contribution in [2.24, 2.45) is 5.92 Å². The van der Waals surface area contributed by atoms with Crippen LogP contribution >= 0.6 is 0 Å². The summed E-state index contributed by atoms with van der Waals surface area (Å²) < 4.78 is 0. The van der Waals surface area contributed by atoms with E-state index in [9.17, 15) is 5.11 Å². The van der Waals surface area contributed by atoms with Crippen LogP contribution in [0.3, 0.4) is 0 Å². The topological polar surface area (TPSA) is 23.5 Å². The summed E-state index contributed by atoms with van der Waals surface area (Å²) in [6.45, 7) is 9.60. The predicted molar refractivity (Wildman–Crippen MR) is 102 cm³/mol. The molecule has 0 unspecified atom stereocenters. The molecular formula is C22H33NO. The Morgan fingerprint density at radius 1 is 1.04 bits per heavy atom. The molecule has 0 spiro atoms. The molecule has 2 heteroatoms. The van der Waals surface area contributed by atoms with Gasteiger partial charge in [0.05, 0.1) is 6.54 Å². The average molecular weight is 328 g/mol. The lowest BCUT2D eigenvalue weighted by molar-refractivity contribution is -0.0173. The second-order valence-electron chi connectivity index (χ2n) is 7.66. The molecule has 0 aromatic heterocycles. The van der Waals surface area contributed by atoms with Crippen molar-refractivity contribution in [1.29, 1.82) is 0 Å². The number of aliphatic hydroxyl groups is 1. The van der Waals surface area contributed by atoms with Gasteiger partial charge in [-0.25, -0.2) is 0 Å². The number of rotatable bonds is 6. The summed E-state index contributed by atoms with van der Waals surface area (Å²) in [5, 5.41) is 11.4. The van der Waals surface area contributed by atoms with Gasteiger partial charge in [-0.1, -0.05) is 55.0 Å². The smallest absolute Gasteiger partial charge is 0.103 e. The summed E-state index contributed by atoms with van der Waals surface area (Å²) in [6, 6.07) is 11.1. The van der Waals surface area contributed by atoms with E-state index in [0.29, 0.717) is 24.4 Å². The zero-order valence-corrected chi connectivity index (χ0v) is 15.8. The van der Waals surface area contributed by atoms with E-state index in [-0.39, 0.29) is 0 Å². The first kappa shape index (κ1) is 19.0. The second-order valence-corrected chi connectivity index (χ2v) is 7.66. The molecule has 1 saturated carbocycles. The Balaban J connectivity index is 2.11. The minimum Gasteiger partial charge on any atom is -0.384 e. The molecule has 0 radical (unpaired) electrons. The van der Waals surface area contributed by atoms with Crippen LogP contribution in [0.1, 0.15) is 65.4 Å². The molecule has 1 N–H and O–H groups in total. The highest BCUT2D eigenvalue weighted by molar-refractivity contribution is 5.26. The molecule has 1 aromatic rings. The van der Waals surface area contributed by atoms with Gasteiger partial charge in [-0.2, -0.15) is 0 Å². The Kier molecular flexibility index (Phi) is 6.90. The molecule has 1 aliphatic rings. The van der Waals surface area contributed by atoms with Crippen LogP contribution in [-0.4, -0.2) is 28.6 Å². The second kappa shape index (κ2) is 8.70. The van der Waals surface area contributed by atoms with E-state index in [4.69, 9.17) is 0 Å². The molecular weight excluding hydrogens is 294 g/mol. The van der Waals surface area contributed by atoms with Crippen LogP contribution in [0.2, 0.25) is 0 Å². The van der Waals surface area contributed by atoms with Crippen molar-refractivity contribution in [3.8, 4) is 11.8 Å². The maximum atomic E-state index is 11.4. The zero-order valence-electron chi connectivity index (χ0n) is 15.8. The number of hydrogen-bond donors (Lipinski definition) is 1. The Bertz CT molecular complexity index is 540. The van der Waals surface area contributed by atoms with Crippen LogP contribution in [-0.2, 0) is 5.60 Å². The summed E-state index contributed by atoms with van der Waals surface area (Å²) >= 11 is 0. The van der Waals surface area contributed by atoms with Gasteiger partial charge in [0.2, 0.25) is 0 Å². The molecule has 0 amide bonds. The van der Waals surface area contributed by atoms with Gasteiger partial charge in [0.25, 0.3) is 0 Å². The molecule has 132 valence electrons. The van der Waals surface area contributed by atoms with Gasteiger partial charge in [-0.15, -0.1) is 0 Å². The standard InChI is InChI=1S/C22H33NO/c1-18(2)23(19(3)4)17-11-10-16-22(24,21-14-8-9-15-21)20-12-6-5-7-13-20/h5-7,12-13,18-19,21,24H,8-9,14-17H2,1-4H3/t22-/m1/s1. The first-order valence-corrected chi connectivity index (χ1v) is 9.44. The van der Waals surface area contributed by atoms with Crippen LogP contribution in [0.15, 0.2) is 30.3 Å². The molecule has 1 fully saturated rings. The first-order chi connectivity index (χ1) is 11.4. The van der Waals surface area contributed by atoms with Gasteiger partial charge < -0.3 is 5.11 Å². The van der Waals surface area contributed by atoms with Crippen molar-refractivity contribution >= 4 is 0 Å². The summed E-state index contributed by atoms with van der Waals surface area (Å²) in [6.07, 6.45) is 5.20. The van der Waals surface area contributed by atoms with Crippen molar-refractivity contribution in [3.05, 3.63) is 35.9 Å². The summed E-state index contributed by atoms with van der Waals surface area (Å²) in [7, 11) is 0. The fourth-order valence-corrected chi connectivity index (χ4v) is 3.92. The highest BCUT2D eigenvalue weighted by Crippen LogP contribution is 2.42. The molecule has 2 nitrogen and oxygen atoms in total. The SMILES string of the molecule is CC(C)N(CC#CC[C@@](O)(c1ccccc1)C1CCCC1)C(C)C. The van der Waals surface area contributed by atoms with Crippen LogP contribution < -0.4 is 0 Å². The van der Waals surface area contributed by atoms with Gasteiger partial charge in [0, 0.05) is 18.5 Å². The lowest BCUT2D eigenvalue weighted by Gasteiger charge is -2.33. The fourth-order valence-electron chi connectivity index (χ4n) is 3.92. The van der Waals surface area contributed by atoms with Gasteiger partial charge in [0.15, 0.2) is 0 Å². The highest BCUT2D eigenvalue weighted by Gasteiger charge is 2.39. The molecule has 0 aliphatic heterocycles. The van der Waals surface area contributed by atoms with Crippen LogP contribution in [0.25, 0.3) is 0 Å². The molecule has 1 aromatic carbocycles. The van der Waals surface area contributed by atoms with E-state index in [1.165, 1.54) is 12.8 Å².